The van der Waals surface area contributed by atoms with Crippen molar-refractivity contribution in [1.82, 2.24) is 14.7 Å². The smallest absolute Gasteiger partial charge is 0.274 e. The van der Waals surface area contributed by atoms with Crippen LogP contribution in [0.4, 0.5) is 0 Å². The summed E-state index contributed by atoms with van der Waals surface area (Å²) in [5.41, 5.74) is 1.18. The van der Waals surface area contributed by atoms with Crippen molar-refractivity contribution in [3.8, 4) is 11.4 Å². The van der Waals surface area contributed by atoms with Gasteiger partial charge in [0, 0.05) is 25.2 Å². The standard InChI is InChI=1S/C20H18ClN3O2/c21-17-8-4-5-9-19(17)24-11-10-18(22-24)20(25)23-12-15(13-23)14-26-16-6-2-1-3-7-16/h1-11,15H,12-14H2. The second-order valence-corrected chi connectivity index (χ2v) is 6.70. The topological polar surface area (TPSA) is 47.4 Å². The first-order chi connectivity index (χ1) is 12.7. The largest absolute Gasteiger partial charge is 0.493 e. The summed E-state index contributed by atoms with van der Waals surface area (Å²) in [6.45, 7) is 1.98. The van der Waals surface area contributed by atoms with E-state index in [0.29, 0.717) is 36.3 Å². The molecular formula is C20H18ClN3O2. The van der Waals surface area contributed by atoms with E-state index in [0.717, 1.165) is 11.4 Å². The van der Waals surface area contributed by atoms with Crippen LogP contribution in [0.2, 0.25) is 5.02 Å². The van der Waals surface area contributed by atoms with Gasteiger partial charge < -0.3 is 9.64 Å². The van der Waals surface area contributed by atoms with Crippen molar-refractivity contribution < 1.29 is 9.53 Å². The van der Waals surface area contributed by atoms with Gasteiger partial charge in [-0.15, -0.1) is 0 Å². The number of rotatable bonds is 5. The number of carbonyl (C=O) groups excluding carboxylic acids is 1. The third kappa shape index (κ3) is 3.44. The zero-order valence-electron chi connectivity index (χ0n) is 14.1. The maximum Gasteiger partial charge on any atom is 0.274 e. The van der Waals surface area contributed by atoms with Crippen molar-refractivity contribution in [2.24, 2.45) is 5.92 Å². The predicted octanol–water partition coefficient (Wildman–Crippen LogP) is 3.68. The Labute approximate surface area is 156 Å². The molecule has 1 aliphatic rings. The number of amides is 1. The van der Waals surface area contributed by atoms with Crippen LogP contribution >= 0.6 is 11.6 Å². The zero-order valence-corrected chi connectivity index (χ0v) is 14.8. The SMILES string of the molecule is O=C(c1ccn(-c2ccccc2Cl)n1)N1CC(COc2ccccc2)C1. The fourth-order valence-corrected chi connectivity index (χ4v) is 3.17. The second-order valence-electron chi connectivity index (χ2n) is 6.30. The van der Waals surface area contributed by atoms with Crippen LogP contribution in [0.25, 0.3) is 5.69 Å². The van der Waals surface area contributed by atoms with Crippen molar-refractivity contribution in [1.29, 1.82) is 0 Å². The molecule has 0 spiro atoms. The first kappa shape index (κ1) is 16.7. The van der Waals surface area contributed by atoms with Crippen LogP contribution in [0, 0.1) is 5.92 Å². The van der Waals surface area contributed by atoms with E-state index in [-0.39, 0.29) is 5.91 Å². The van der Waals surface area contributed by atoms with Crippen molar-refractivity contribution >= 4 is 17.5 Å². The summed E-state index contributed by atoms with van der Waals surface area (Å²) in [5, 5.41) is 4.97. The van der Waals surface area contributed by atoms with E-state index < -0.39 is 0 Å². The highest BCUT2D eigenvalue weighted by Crippen LogP contribution is 2.22. The summed E-state index contributed by atoms with van der Waals surface area (Å²) in [6.07, 6.45) is 1.75. The molecule has 3 aromatic rings. The van der Waals surface area contributed by atoms with E-state index in [2.05, 4.69) is 5.10 Å². The minimum Gasteiger partial charge on any atom is -0.493 e. The van der Waals surface area contributed by atoms with Gasteiger partial charge in [0.1, 0.15) is 5.75 Å². The fraction of sp³-hybridized carbons (Fsp3) is 0.200. The Balaban J connectivity index is 1.33. The van der Waals surface area contributed by atoms with Crippen LogP contribution in [0.1, 0.15) is 10.5 Å². The van der Waals surface area contributed by atoms with Crippen molar-refractivity contribution in [3.05, 3.63) is 77.6 Å². The number of hydrogen-bond acceptors (Lipinski definition) is 3. The average molecular weight is 368 g/mol. The molecule has 2 heterocycles. The first-order valence-corrected chi connectivity index (χ1v) is 8.86. The number of hydrogen-bond donors (Lipinski definition) is 0. The van der Waals surface area contributed by atoms with Gasteiger partial charge in [0.2, 0.25) is 0 Å². The molecule has 26 heavy (non-hydrogen) atoms. The van der Waals surface area contributed by atoms with E-state index in [9.17, 15) is 4.79 Å². The van der Waals surface area contributed by atoms with Gasteiger partial charge >= 0.3 is 0 Å². The quantitative estimate of drug-likeness (QED) is 0.691. The monoisotopic (exact) mass is 367 g/mol. The number of nitrogens with zero attached hydrogens (tertiary/aromatic N) is 3. The second kappa shape index (κ2) is 7.22. The van der Waals surface area contributed by atoms with Crippen LogP contribution in [0.3, 0.4) is 0 Å². The van der Waals surface area contributed by atoms with Crippen LogP contribution in [0.15, 0.2) is 66.9 Å². The van der Waals surface area contributed by atoms with Crippen LogP contribution in [0.5, 0.6) is 5.75 Å². The number of carbonyl (C=O) groups is 1. The van der Waals surface area contributed by atoms with Crippen molar-refractivity contribution in [2.75, 3.05) is 19.7 Å². The maximum absolute atomic E-state index is 12.6. The molecule has 0 aliphatic carbocycles. The normalized spacial score (nSPS) is 14.1. The average Bonchev–Trinajstić information content (AvgIpc) is 3.11. The number of ether oxygens (including phenoxy) is 1. The summed E-state index contributed by atoms with van der Waals surface area (Å²) >= 11 is 6.18. The van der Waals surface area contributed by atoms with Gasteiger partial charge in [-0.1, -0.05) is 41.9 Å². The molecule has 0 atom stereocenters. The van der Waals surface area contributed by atoms with E-state index >= 15 is 0 Å². The van der Waals surface area contributed by atoms with E-state index in [1.807, 2.05) is 48.5 Å². The van der Waals surface area contributed by atoms with Gasteiger partial charge in [-0.3, -0.25) is 4.79 Å². The van der Waals surface area contributed by atoms with Crippen LogP contribution in [-0.2, 0) is 0 Å². The third-order valence-corrected chi connectivity index (χ3v) is 4.70. The lowest BCUT2D eigenvalue weighted by Crippen LogP contribution is -2.52. The molecule has 0 unspecified atom stereocenters. The molecule has 1 amide bonds. The highest BCUT2D eigenvalue weighted by molar-refractivity contribution is 6.32. The van der Waals surface area contributed by atoms with E-state index in [4.69, 9.17) is 16.3 Å². The lowest BCUT2D eigenvalue weighted by molar-refractivity contribution is 0.0387. The maximum atomic E-state index is 12.6. The molecule has 0 radical (unpaired) electrons. The Hall–Kier alpha value is -2.79. The number of likely N-dealkylation sites (tertiary alicyclic amines) is 1. The summed E-state index contributed by atoms with van der Waals surface area (Å²) in [6, 6.07) is 18.8. The van der Waals surface area contributed by atoms with Gasteiger partial charge in [-0.25, -0.2) is 4.68 Å². The Morgan fingerprint density at radius 2 is 1.81 bits per heavy atom. The number of aromatic nitrogens is 2. The van der Waals surface area contributed by atoms with Gasteiger partial charge in [-0.05, 0) is 30.3 Å². The Morgan fingerprint density at radius 1 is 1.08 bits per heavy atom. The predicted molar refractivity (Wildman–Crippen MR) is 99.9 cm³/mol. The first-order valence-electron chi connectivity index (χ1n) is 8.48. The summed E-state index contributed by atoms with van der Waals surface area (Å²) in [7, 11) is 0. The van der Waals surface area contributed by atoms with E-state index in [1.54, 1.807) is 27.9 Å². The van der Waals surface area contributed by atoms with Crippen LogP contribution < -0.4 is 4.74 Å². The Kier molecular flexibility index (Phi) is 4.63. The molecule has 0 bridgehead atoms. The lowest BCUT2D eigenvalue weighted by Gasteiger charge is -2.38. The summed E-state index contributed by atoms with van der Waals surface area (Å²) in [5.74, 6) is 1.15. The Morgan fingerprint density at radius 3 is 2.58 bits per heavy atom. The minimum absolute atomic E-state index is 0.0632. The minimum atomic E-state index is -0.0632. The summed E-state index contributed by atoms with van der Waals surface area (Å²) < 4.78 is 7.38. The molecule has 4 rings (SSSR count). The van der Waals surface area contributed by atoms with Crippen molar-refractivity contribution in [3.63, 3.8) is 0 Å². The summed E-state index contributed by atoms with van der Waals surface area (Å²) in [4.78, 5) is 14.3. The molecule has 1 aromatic heterocycles. The fourth-order valence-electron chi connectivity index (χ4n) is 2.94. The zero-order chi connectivity index (χ0) is 17.9. The Bertz CT molecular complexity index is 904. The third-order valence-electron chi connectivity index (χ3n) is 4.38. The molecular weight excluding hydrogens is 350 g/mol. The molecule has 0 saturated carbocycles. The lowest BCUT2D eigenvalue weighted by atomic mass is 10.0. The molecule has 2 aromatic carbocycles. The number of benzene rings is 2. The van der Waals surface area contributed by atoms with Gasteiger partial charge in [0.05, 0.1) is 17.3 Å². The van der Waals surface area contributed by atoms with Crippen LogP contribution in [-0.4, -0.2) is 40.3 Å². The molecule has 1 fully saturated rings. The van der Waals surface area contributed by atoms with E-state index in [1.165, 1.54) is 0 Å². The molecule has 0 N–H and O–H groups in total. The van der Waals surface area contributed by atoms with Gasteiger partial charge in [0.25, 0.3) is 5.91 Å². The molecule has 1 aliphatic heterocycles. The highest BCUT2D eigenvalue weighted by atomic mass is 35.5. The van der Waals surface area contributed by atoms with Gasteiger partial charge in [-0.2, -0.15) is 5.10 Å². The molecule has 132 valence electrons. The molecule has 1 saturated heterocycles. The molecule has 5 nitrogen and oxygen atoms in total. The number of halogens is 1. The van der Waals surface area contributed by atoms with Crippen molar-refractivity contribution in [2.45, 2.75) is 0 Å². The number of para-hydroxylation sites is 2. The van der Waals surface area contributed by atoms with Gasteiger partial charge in [0.15, 0.2) is 5.69 Å². The molecule has 6 heteroatoms. The highest BCUT2D eigenvalue weighted by Gasteiger charge is 2.32.